The predicted octanol–water partition coefficient (Wildman–Crippen LogP) is 2.43. The van der Waals surface area contributed by atoms with Crippen LogP contribution in [0.2, 0.25) is 4.34 Å². The number of hydrogen-bond acceptors (Lipinski definition) is 7. The largest absolute Gasteiger partial charge is 0.368 e. The number of nitrogens with two attached hydrogens (primary N) is 1. The van der Waals surface area contributed by atoms with Crippen molar-refractivity contribution in [3.63, 3.8) is 0 Å². The van der Waals surface area contributed by atoms with Crippen LogP contribution < -0.4 is 16.4 Å². The number of nitrogens with one attached hydrogen (secondary N) is 2. The molecule has 2 rings (SSSR count). The van der Waals surface area contributed by atoms with E-state index < -0.39 is 12.1 Å². The molecule has 4 N–H and O–H groups in total. The summed E-state index contributed by atoms with van der Waals surface area (Å²) in [5.41, 5.74) is 6.17. The standard InChI is InChI=1S/C14H19ClN6OS/c1-8(2)3-4-19-12-10(15)23-14(21-12)11(16)20-13(22)9-7-17-5-6-18-9/h5-8,11,19H,3-4,16H2,1-2H3,(H,20,22). The molecule has 0 saturated heterocycles. The van der Waals surface area contributed by atoms with Gasteiger partial charge in [0.15, 0.2) is 5.82 Å². The molecular weight excluding hydrogens is 336 g/mol. The molecule has 2 aromatic heterocycles. The fraction of sp³-hybridized carbons (Fsp3) is 0.429. The van der Waals surface area contributed by atoms with E-state index in [2.05, 4.69) is 39.4 Å². The second-order valence-electron chi connectivity index (χ2n) is 5.33. The number of carbonyl (C=O) groups is 1. The molecule has 0 saturated carbocycles. The highest BCUT2D eigenvalue weighted by Gasteiger charge is 2.18. The van der Waals surface area contributed by atoms with Crippen molar-refractivity contribution in [3.8, 4) is 0 Å². The summed E-state index contributed by atoms with van der Waals surface area (Å²) in [5, 5.41) is 6.33. The van der Waals surface area contributed by atoms with Gasteiger partial charge in [-0.1, -0.05) is 25.4 Å². The van der Waals surface area contributed by atoms with Crippen LogP contribution in [0, 0.1) is 5.92 Å². The highest BCUT2D eigenvalue weighted by atomic mass is 35.5. The second-order valence-corrected chi connectivity index (χ2v) is 6.96. The number of hydrogen-bond donors (Lipinski definition) is 3. The summed E-state index contributed by atoms with van der Waals surface area (Å²) in [6, 6.07) is 0. The van der Waals surface area contributed by atoms with Gasteiger partial charge in [0.2, 0.25) is 0 Å². The molecule has 0 fully saturated rings. The number of amides is 1. The van der Waals surface area contributed by atoms with Crippen LogP contribution in [0.15, 0.2) is 18.6 Å². The third-order valence-electron chi connectivity index (χ3n) is 2.96. The zero-order chi connectivity index (χ0) is 16.8. The van der Waals surface area contributed by atoms with Crippen molar-refractivity contribution in [2.75, 3.05) is 11.9 Å². The molecule has 0 spiro atoms. The van der Waals surface area contributed by atoms with E-state index in [1.54, 1.807) is 0 Å². The summed E-state index contributed by atoms with van der Waals surface area (Å²) in [7, 11) is 0. The van der Waals surface area contributed by atoms with Crippen molar-refractivity contribution in [1.82, 2.24) is 20.3 Å². The van der Waals surface area contributed by atoms with Crippen molar-refractivity contribution < 1.29 is 4.79 Å². The lowest BCUT2D eigenvalue weighted by Crippen LogP contribution is -2.34. The van der Waals surface area contributed by atoms with Crippen molar-refractivity contribution >= 4 is 34.7 Å². The van der Waals surface area contributed by atoms with E-state index in [0.717, 1.165) is 13.0 Å². The number of rotatable bonds is 7. The molecule has 0 aliphatic heterocycles. The van der Waals surface area contributed by atoms with Crippen LogP contribution in [-0.4, -0.2) is 27.4 Å². The first-order valence-electron chi connectivity index (χ1n) is 7.20. The van der Waals surface area contributed by atoms with Crippen LogP contribution in [0.25, 0.3) is 0 Å². The summed E-state index contributed by atoms with van der Waals surface area (Å²) in [6.07, 6.45) is 4.56. The van der Waals surface area contributed by atoms with E-state index in [9.17, 15) is 4.79 Å². The molecule has 7 nitrogen and oxygen atoms in total. The van der Waals surface area contributed by atoms with Crippen LogP contribution in [0.4, 0.5) is 5.82 Å². The van der Waals surface area contributed by atoms with E-state index in [1.807, 2.05) is 0 Å². The lowest BCUT2D eigenvalue weighted by atomic mass is 10.1. The third-order valence-corrected chi connectivity index (χ3v) is 4.30. The van der Waals surface area contributed by atoms with E-state index in [1.165, 1.54) is 29.9 Å². The van der Waals surface area contributed by atoms with E-state index in [4.69, 9.17) is 17.3 Å². The van der Waals surface area contributed by atoms with E-state index in [-0.39, 0.29) is 5.69 Å². The number of nitrogens with zero attached hydrogens (tertiary/aromatic N) is 3. The average Bonchev–Trinajstić information content (AvgIpc) is 2.89. The Morgan fingerprint density at radius 2 is 2.22 bits per heavy atom. The van der Waals surface area contributed by atoms with Crippen molar-refractivity contribution in [1.29, 1.82) is 0 Å². The first-order chi connectivity index (χ1) is 11.0. The number of aromatic nitrogens is 3. The van der Waals surface area contributed by atoms with Gasteiger partial charge in [0, 0.05) is 18.9 Å². The minimum atomic E-state index is -0.757. The fourth-order valence-electron chi connectivity index (χ4n) is 1.73. The highest BCUT2D eigenvalue weighted by Crippen LogP contribution is 2.30. The Hall–Kier alpha value is -1.77. The molecule has 0 radical (unpaired) electrons. The van der Waals surface area contributed by atoms with Gasteiger partial charge < -0.3 is 16.4 Å². The molecule has 1 unspecified atom stereocenters. The number of anilines is 1. The summed E-state index contributed by atoms with van der Waals surface area (Å²) in [4.78, 5) is 24.1. The van der Waals surface area contributed by atoms with Gasteiger partial charge in [0.1, 0.15) is 21.2 Å². The van der Waals surface area contributed by atoms with E-state index in [0.29, 0.717) is 21.1 Å². The molecule has 0 aliphatic carbocycles. The van der Waals surface area contributed by atoms with Crippen LogP contribution in [0.1, 0.15) is 41.9 Å². The predicted molar refractivity (Wildman–Crippen MR) is 91.5 cm³/mol. The van der Waals surface area contributed by atoms with Gasteiger partial charge in [-0.3, -0.25) is 9.78 Å². The molecule has 9 heteroatoms. The maximum Gasteiger partial charge on any atom is 0.273 e. The lowest BCUT2D eigenvalue weighted by Gasteiger charge is -2.10. The summed E-state index contributed by atoms with van der Waals surface area (Å²) < 4.78 is 0.521. The monoisotopic (exact) mass is 354 g/mol. The number of carbonyl (C=O) groups excluding carboxylic acids is 1. The molecule has 124 valence electrons. The van der Waals surface area contributed by atoms with Crippen LogP contribution in [0.3, 0.4) is 0 Å². The highest BCUT2D eigenvalue weighted by molar-refractivity contribution is 7.16. The molecule has 1 atom stereocenters. The third kappa shape index (κ3) is 5.12. The normalized spacial score (nSPS) is 12.2. The van der Waals surface area contributed by atoms with Gasteiger partial charge in [-0.25, -0.2) is 9.97 Å². The topological polar surface area (TPSA) is 106 Å². The van der Waals surface area contributed by atoms with Gasteiger partial charge in [0.05, 0.1) is 6.20 Å². The Bertz CT molecular complexity index is 648. The van der Waals surface area contributed by atoms with Gasteiger partial charge in [-0.15, -0.1) is 11.3 Å². The van der Waals surface area contributed by atoms with Gasteiger partial charge in [0.25, 0.3) is 5.91 Å². The van der Waals surface area contributed by atoms with Crippen LogP contribution >= 0.6 is 22.9 Å². The van der Waals surface area contributed by atoms with Crippen LogP contribution in [0.5, 0.6) is 0 Å². The van der Waals surface area contributed by atoms with Gasteiger partial charge >= 0.3 is 0 Å². The molecular formula is C14H19ClN6OS. The molecule has 0 bridgehead atoms. The van der Waals surface area contributed by atoms with Crippen molar-refractivity contribution in [3.05, 3.63) is 33.6 Å². The minimum Gasteiger partial charge on any atom is -0.368 e. The first kappa shape index (κ1) is 17.6. The zero-order valence-corrected chi connectivity index (χ0v) is 14.5. The maximum atomic E-state index is 12.0. The quantitative estimate of drug-likeness (QED) is 0.659. The van der Waals surface area contributed by atoms with E-state index >= 15 is 0 Å². The second kappa shape index (κ2) is 8.19. The van der Waals surface area contributed by atoms with Gasteiger partial charge in [-0.2, -0.15) is 0 Å². The van der Waals surface area contributed by atoms with Crippen molar-refractivity contribution in [2.24, 2.45) is 11.7 Å². The molecule has 2 heterocycles. The smallest absolute Gasteiger partial charge is 0.273 e. The summed E-state index contributed by atoms with van der Waals surface area (Å²) >= 11 is 7.40. The Morgan fingerprint density at radius 1 is 1.43 bits per heavy atom. The van der Waals surface area contributed by atoms with Crippen LogP contribution in [-0.2, 0) is 0 Å². The molecule has 2 aromatic rings. The average molecular weight is 355 g/mol. The zero-order valence-electron chi connectivity index (χ0n) is 12.9. The SMILES string of the molecule is CC(C)CCNc1nc(C(N)NC(=O)c2cnccn2)sc1Cl. The van der Waals surface area contributed by atoms with Gasteiger partial charge in [-0.05, 0) is 12.3 Å². The maximum absolute atomic E-state index is 12.0. The Balaban J connectivity index is 1.97. The summed E-state index contributed by atoms with van der Waals surface area (Å²) in [5.74, 6) is 0.774. The lowest BCUT2D eigenvalue weighted by molar-refractivity contribution is 0.0932. The Labute approximate surface area is 143 Å². The minimum absolute atomic E-state index is 0.195. The number of thiazole rings is 1. The van der Waals surface area contributed by atoms with Crippen molar-refractivity contribution in [2.45, 2.75) is 26.4 Å². The summed E-state index contributed by atoms with van der Waals surface area (Å²) in [6.45, 7) is 5.07. The molecule has 0 aromatic carbocycles. The molecule has 23 heavy (non-hydrogen) atoms. The molecule has 0 aliphatic rings. The first-order valence-corrected chi connectivity index (χ1v) is 8.39. The fourth-order valence-corrected chi connectivity index (χ4v) is 2.80. The number of halogens is 1. The Morgan fingerprint density at radius 3 is 2.87 bits per heavy atom. The molecule has 1 amide bonds. The Kier molecular flexibility index (Phi) is 6.26.